The second-order valence-corrected chi connectivity index (χ2v) is 10.8. The maximum absolute atomic E-state index is 6.50. The molecule has 6 nitrogen and oxygen atoms in total. The van der Waals surface area contributed by atoms with Crippen LogP contribution < -0.4 is 10.5 Å². The van der Waals surface area contributed by atoms with Crippen LogP contribution in [-0.2, 0) is 15.0 Å². The molecule has 170 valence electrons. The summed E-state index contributed by atoms with van der Waals surface area (Å²) in [4.78, 5) is 9.13. The van der Waals surface area contributed by atoms with Crippen LogP contribution in [0.2, 0.25) is 5.02 Å². The van der Waals surface area contributed by atoms with Crippen molar-refractivity contribution >= 4 is 17.6 Å². The van der Waals surface area contributed by atoms with E-state index in [1.54, 1.807) is 6.20 Å². The summed E-state index contributed by atoms with van der Waals surface area (Å²) in [5.74, 6) is 0.976. The molecule has 0 radical (unpaired) electrons. The van der Waals surface area contributed by atoms with Gasteiger partial charge in [0.2, 0.25) is 0 Å². The van der Waals surface area contributed by atoms with Crippen molar-refractivity contribution in [2.24, 2.45) is 22.1 Å². The average molecular weight is 456 g/mol. The summed E-state index contributed by atoms with van der Waals surface area (Å²) in [5.41, 5.74) is 8.59. The number of nitrogens with two attached hydrogens (primary N) is 1. The molecule has 0 bridgehead atoms. The molecule has 1 saturated carbocycles. The molecule has 3 aliphatic rings. The molecule has 2 N–H and O–H groups in total. The van der Waals surface area contributed by atoms with E-state index in [1.807, 2.05) is 24.4 Å². The van der Waals surface area contributed by atoms with Crippen molar-refractivity contribution in [1.29, 1.82) is 0 Å². The standard InChI is InChI=1S/C25H30ClN3O3/c1-24(2,3)13-30-18-5-7-22-20(10-18)25(14-31-23(27)29-25)19-9-15(4-6-21(19)32-22)16-8-17(26)12-28-11-16/h4,6,8-9,11-12,18,20,22H,5,7,10,13-14H2,1-3H3,(H2,27,29)/t18?,20-,22?,25-/m0/s1. The van der Waals surface area contributed by atoms with Gasteiger partial charge in [-0.05, 0) is 48.4 Å². The molecule has 1 aromatic heterocycles. The van der Waals surface area contributed by atoms with E-state index in [4.69, 9.17) is 36.5 Å². The predicted octanol–water partition coefficient (Wildman–Crippen LogP) is 4.93. The van der Waals surface area contributed by atoms with Crippen LogP contribution in [0.1, 0.15) is 45.6 Å². The van der Waals surface area contributed by atoms with Gasteiger partial charge in [0.05, 0.1) is 17.7 Å². The molecule has 1 aromatic carbocycles. The second-order valence-electron chi connectivity index (χ2n) is 10.3. The Morgan fingerprint density at radius 2 is 2.03 bits per heavy atom. The van der Waals surface area contributed by atoms with E-state index >= 15 is 0 Å². The highest BCUT2D eigenvalue weighted by Crippen LogP contribution is 2.53. The van der Waals surface area contributed by atoms with Crippen molar-refractivity contribution in [3.8, 4) is 16.9 Å². The van der Waals surface area contributed by atoms with Gasteiger partial charge in [0.25, 0.3) is 6.02 Å². The van der Waals surface area contributed by atoms with E-state index in [1.165, 1.54) is 0 Å². The number of benzene rings is 1. The Balaban J connectivity index is 1.52. The van der Waals surface area contributed by atoms with Crippen LogP contribution >= 0.6 is 11.6 Å². The highest BCUT2D eigenvalue weighted by molar-refractivity contribution is 6.30. The zero-order valence-electron chi connectivity index (χ0n) is 18.8. The number of ether oxygens (including phenoxy) is 3. The first-order chi connectivity index (χ1) is 15.2. The van der Waals surface area contributed by atoms with Crippen molar-refractivity contribution in [1.82, 2.24) is 4.98 Å². The Kier molecular flexibility index (Phi) is 5.33. The van der Waals surface area contributed by atoms with E-state index in [0.29, 0.717) is 11.6 Å². The van der Waals surface area contributed by atoms with E-state index in [0.717, 1.165) is 48.3 Å². The second kappa shape index (κ2) is 7.92. The number of hydrogen-bond acceptors (Lipinski definition) is 6. The number of fused-ring (bicyclic) bond motifs is 4. The minimum absolute atomic E-state index is 0.0638. The first kappa shape index (κ1) is 21.5. The Morgan fingerprint density at radius 3 is 2.75 bits per heavy atom. The lowest BCUT2D eigenvalue weighted by molar-refractivity contribution is -0.0757. The number of pyridine rings is 1. The lowest BCUT2D eigenvalue weighted by Gasteiger charge is -2.48. The summed E-state index contributed by atoms with van der Waals surface area (Å²) in [7, 11) is 0. The van der Waals surface area contributed by atoms with Crippen molar-refractivity contribution in [3.05, 3.63) is 47.2 Å². The van der Waals surface area contributed by atoms with Crippen LogP contribution in [0.3, 0.4) is 0 Å². The third-order valence-corrected chi connectivity index (χ3v) is 6.82. The number of hydrogen-bond donors (Lipinski definition) is 1. The van der Waals surface area contributed by atoms with Gasteiger partial charge < -0.3 is 19.9 Å². The van der Waals surface area contributed by atoms with E-state index in [2.05, 4.69) is 31.8 Å². The number of rotatable bonds is 3. The summed E-state index contributed by atoms with van der Waals surface area (Å²) in [5, 5.41) is 0.601. The first-order valence-corrected chi connectivity index (χ1v) is 11.6. The number of aliphatic imine (C=N–C) groups is 1. The van der Waals surface area contributed by atoms with Crippen LogP contribution in [0.15, 0.2) is 41.7 Å². The normalized spacial score (nSPS) is 29.0. The van der Waals surface area contributed by atoms with Gasteiger partial charge in [-0.3, -0.25) is 4.98 Å². The molecule has 5 rings (SSSR count). The number of aromatic nitrogens is 1. The predicted molar refractivity (Wildman–Crippen MR) is 125 cm³/mol. The highest BCUT2D eigenvalue weighted by atomic mass is 35.5. The third kappa shape index (κ3) is 3.95. The number of halogens is 1. The molecule has 7 heteroatoms. The molecule has 2 aliphatic heterocycles. The maximum atomic E-state index is 6.50. The van der Waals surface area contributed by atoms with Gasteiger partial charge in [-0.25, -0.2) is 4.99 Å². The first-order valence-electron chi connectivity index (χ1n) is 11.3. The molecular formula is C25H30ClN3O3. The van der Waals surface area contributed by atoms with E-state index in [9.17, 15) is 0 Å². The smallest absolute Gasteiger partial charge is 0.283 e. The largest absolute Gasteiger partial charge is 0.490 e. The Labute approximate surface area is 194 Å². The highest BCUT2D eigenvalue weighted by Gasteiger charge is 2.55. The van der Waals surface area contributed by atoms with Gasteiger partial charge in [-0.15, -0.1) is 0 Å². The summed E-state index contributed by atoms with van der Waals surface area (Å²) >= 11 is 6.19. The van der Waals surface area contributed by atoms with Crippen molar-refractivity contribution in [2.45, 2.75) is 57.8 Å². The lowest BCUT2D eigenvalue weighted by atomic mass is 9.67. The molecule has 1 aliphatic carbocycles. The molecular weight excluding hydrogens is 426 g/mol. The van der Waals surface area contributed by atoms with Gasteiger partial charge in [-0.2, -0.15) is 0 Å². The molecule has 2 unspecified atom stereocenters. The number of nitrogens with zero attached hydrogens (tertiary/aromatic N) is 2. The minimum atomic E-state index is -0.575. The van der Waals surface area contributed by atoms with Crippen LogP contribution in [0, 0.1) is 11.3 Å². The van der Waals surface area contributed by atoms with Gasteiger partial charge in [0.15, 0.2) is 0 Å². The van der Waals surface area contributed by atoms with E-state index < -0.39 is 5.54 Å². The lowest BCUT2D eigenvalue weighted by Crippen LogP contribution is -2.52. The van der Waals surface area contributed by atoms with Gasteiger partial charge in [0.1, 0.15) is 24.0 Å². The molecule has 1 spiro atoms. The molecule has 0 saturated heterocycles. The molecule has 0 amide bonds. The van der Waals surface area contributed by atoms with Crippen LogP contribution in [0.4, 0.5) is 0 Å². The van der Waals surface area contributed by atoms with Crippen LogP contribution in [0.25, 0.3) is 11.1 Å². The molecule has 32 heavy (non-hydrogen) atoms. The van der Waals surface area contributed by atoms with E-state index in [-0.39, 0.29) is 29.6 Å². The zero-order valence-corrected chi connectivity index (χ0v) is 19.6. The zero-order chi connectivity index (χ0) is 22.5. The van der Waals surface area contributed by atoms with Crippen LogP contribution in [0.5, 0.6) is 5.75 Å². The van der Waals surface area contributed by atoms with Crippen LogP contribution in [-0.4, -0.2) is 36.4 Å². The summed E-state index contributed by atoms with van der Waals surface area (Å²) in [6.07, 6.45) is 6.46. The average Bonchev–Trinajstić information content (AvgIpc) is 3.14. The van der Waals surface area contributed by atoms with Gasteiger partial charge in [-0.1, -0.05) is 38.4 Å². The summed E-state index contributed by atoms with van der Waals surface area (Å²) in [6, 6.07) is 8.35. The molecule has 2 aromatic rings. The third-order valence-electron chi connectivity index (χ3n) is 6.62. The summed E-state index contributed by atoms with van der Waals surface area (Å²) < 4.78 is 18.6. The Morgan fingerprint density at radius 1 is 1.19 bits per heavy atom. The Bertz CT molecular complexity index is 1050. The molecule has 1 fully saturated rings. The molecule has 3 heterocycles. The SMILES string of the molecule is CC(C)(C)COC1CCC2Oc3ccc(-c4cncc(Cl)c4)cc3[C@@]3(COC(N)=N3)[C@H]2C1. The van der Waals surface area contributed by atoms with Crippen molar-refractivity contribution < 1.29 is 14.2 Å². The molecule has 4 atom stereocenters. The quantitative estimate of drug-likeness (QED) is 0.709. The Hall–Kier alpha value is -2.31. The fourth-order valence-electron chi connectivity index (χ4n) is 5.12. The summed E-state index contributed by atoms with van der Waals surface area (Å²) in [6.45, 7) is 7.74. The van der Waals surface area contributed by atoms with Gasteiger partial charge in [0, 0.05) is 29.4 Å². The topological polar surface area (TPSA) is 79.0 Å². The van der Waals surface area contributed by atoms with Crippen molar-refractivity contribution in [3.63, 3.8) is 0 Å². The maximum Gasteiger partial charge on any atom is 0.283 e. The number of amidine groups is 1. The van der Waals surface area contributed by atoms with Gasteiger partial charge >= 0.3 is 0 Å². The monoisotopic (exact) mass is 455 g/mol. The fraction of sp³-hybridized carbons (Fsp3) is 0.520. The van der Waals surface area contributed by atoms with Crippen molar-refractivity contribution in [2.75, 3.05) is 13.2 Å². The fourth-order valence-corrected chi connectivity index (χ4v) is 5.30. The minimum Gasteiger partial charge on any atom is -0.490 e.